The van der Waals surface area contributed by atoms with Gasteiger partial charge in [-0.1, -0.05) is 164 Å². The summed E-state index contributed by atoms with van der Waals surface area (Å²) in [7, 11) is 0. The van der Waals surface area contributed by atoms with Gasteiger partial charge in [-0.2, -0.15) is 5.26 Å². The number of fused-ring (bicyclic) bond motifs is 21. The summed E-state index contributed by atoms with van der Waals surface area (Å²) < 4.78 is 16.6. The summed E-state index contributed by atoms with van der Waals surface area (Å²) >= 11 is 0. The molecule has 0 unspecified atom stereocenters. The van der Waals surface area contributed by atoms with Gasteiger partial charge in [0, 0.05) is 105 Å². The highest BCUT2D eigenvalue weighted by atomic mass is 15.2. The van der Waals surface area contributed by atoms with E-state index in [0.717, 1.165) is 149 Å². The lowest BCUT2D eigenvalue weighted by atomic mass is 10.0. The van der Waals surface area contributed by atoms with Crippen LogP contribution in [0.2, 0.25) is 0 Å². The summed E-state index contributed by atoms with van der Waals surface area (Å²) in [5.41, 5.74) is 19.1. The molecule has 10 heterocycles. The first-order valence-corrected chi connectivity index (χ1v) is 33.4. The molecule has 11 heteroatoms. The van der Waals surface area contributed by atoms with Crippen LogP contribution in [-0.4, -0.2) is 46.9 Å². The van der Waals surface area contributed by atoms with Gasteiger partial charge in [-0.05, 0) is 127 Å². The van der Waals surface area contributed by atoms with Gasteiger partial charge in [-0.15, -0.1) is 0 Å². The van der Waals surface area contributed by atoms with Crippen LogP contribution in [0.1, 0.15) is 5.56 Å². The van der Waals surface area contributed by atoms with Crippen molar-refractivity contribution in [2.24, 2.45) is 0 Å². The molecule has 0 aliphatic heterocycles. The molecule has 0 atom stereocenters. The average molecular weight is 1260 g/mol. The van der Waals surface area contributed by atoms with Gasteiger partial charge in [-0.3, -0.25) is 13.7 Å². The monoisotopic (exact) mass is 1260 g/mol. The van der Waals surface area contributed by atoms with Crippen LogP contribution in [0.5, 0.6) is 0 Å². The Morgan fingerprint density at radius 2 is 0.424 bits per heavy atom. The van der Waals surface area contributed by atoms with Gasteiger partial charge in [0.15, 0.2) is 0 Å². The quantitative estimate of drug-likeness (QED) is 0.159. The van der Waals surface area contributed by atoms with Crippen molar-refractivity contribution in [1.82, 2.24) is 46.9 Å². The first-order valence-electron chi connectivity index (χ1n) is 33.4. The van der Waals surface area contributed by atoms with Crippen LogP contribution in [0, 0.1) is 11.3 Å². The van der Waals surface area contributed by atoms with Crippen molar-refractivity contribution >= 4 is 153 Å². The van der Waals surface area contributed by atoms with E-state index in [1.54, 1.807) is 0 Å². The van der Waals surface area contributed by atoms with Gasteiger partial charge in [0.2, 0.25) is 0 Å². The Kier molecular flexibility index (Phi) is 10.9. The fourth-order valence-corrected chi connectivity index (χ4v) is 17.0. The molecule has 0 fully saturated rings. The molecule has 12 aromatic carbocycles. The molecule has 0 saturated heterocycles. The van der Waals surface area contributed by atoms with Gasteiger partial charge in [0.05, 0.1) is 83.4 Å². The van der Waals surface area contributed by atoms with E-state index in [1.807, 2.05) is 36.8 Å². The zero-order chi connectivity index (χ0) is 64.7. The van der Waals surface area contributed by atoms with Crippen molar-refractivity contribution in [3.8, 4) is 45.9 Å². The summed E-state index contributed by atoms with van der Waals surface area (Å²) in [5.74, 6) is 0. The van der Waals surface area contributed by atoms with Crippen LogP contribution in [0.15, 0.2) is 310 Å². The fraction of sp³-hybridized carbons (Fsp3) is 0. The minimum Gasteiger partial charge on any atom is -0.309 e. The third-order valence-electron chi connectivity index (χ3n) is 20.9. The number of para-hydroxylation sites is 9. The van der Waals surface area contributed by atoms with Crippen LogP contribution in [0.4, 0.5) is 0 Å². The standard InChI is InChI=1S/C88H51N11/c89-52-69-81(97-76-40-16-5-26-59(76)64-31-19-47-90-86(64)97)83(95-74-38-14-8-29-62(74)67-50-53(43-45-79(67)95)93-70-34-10-1-22-55(70)56-23-2-11-35-71(56)93)85(99-78-42-18-7-28-61(78)66-33-21-49-92-88(66)99)84(82(69)98-77-41-17-6-27-60(77)65-32-20-48-91-87(65)98)96-75-39-15-9-30-63(75)68-51-54(44-46-80(68)96)94-72-36-12-3-24-57(72)58-25-4-13-37-73(58)94/h1-51H. The van der Waals surface area contributed by atoms with Gasteiger partial charge >= 0.3 is 0 Å². The number of pyridine rings is 3. The molecule has 458 valence electrons. The average Bonchev–Trinajstić information content (AvgIpc) is 1.57. The zero-order valence-electron chi connectivity index (χ0n) is 52.9. The number of rotatable bonds is 7. The Labute approximate surface area is 563 Å². The number of hydrogen-bond acceptors (Lipinski definition) is 4. The molecule has 22 aromatic rings. The van der Waals surface area contributed by atoms with E-state index < -0.39 is 0 Å². The predicted octanol–water partition coefficient (Wildman–Crippen LogP) is 21.4. The Hall–Kier alpha value is -13.8. The van der Waals surface area contributed by atoms with Gasteiger partial charge in [-0.25, -0.2) is 15.0 Å². The van der Waals surface area contributed by atoms with Crippen molar-refractivity contribution in [3.63, 3.8) is 0 Å². The number of benzene rings is 12. The van der Waals surface area contributed by atoms with Crippen LogP contribution < -0.4 is 0 Å². The third-order valence-corrected chi connectivity index (χ3v) is 20.9. The van der Waals surface area contributed by atoms with E-state index >= 15 is 0 Å². The highest BCUT2D eigenvalue weighted by Gasteiger charge is 2.37. The van der Waals surface area contributed by atoms with Crippen molar-refractivity contribution in [2.75, 3.05) is 0 Å². The molecular weight excluding hydrogens is 1210 g/mol. The molecule has 0 amide bonds. The number of nitriles is 1. The lowest BCUT2D eigenvalue weighted by Crippen LogP contribution is -2.19. The molecule has 0 saturated carbocycles. The van der Waals surface area contributed by atoms with Crippen molar-refractivity contribution in [1.29, 1.82) is 5.26 Å². The van der Waals surface area contributed by atoms with E-state index in [4.69, 9.17) is 15.0 Å². The Morgan fingerprint density at radius 1 is 0.202 bits per heavy atom. The second-order valence-electron chi connectivity index (χ2n) is 25.8. The molecule has 0 aliphatic carbocycles. The molecule has 0 N–H and O–H groups in total. The minimum atomic E-state index is 0.403. The molecule has 22 rings (SSSR count). The maximum absolute atomic E-state index is 13.4. The summed E-state index contributed by atoms with van der Waals surface area (Å²) in [6.45, 7) is 0. The third kappa shape index (κ3) is 7.14. The van der Waals surface area contributed by atoms with E-state index in [9.17, 15) is 5.26 Å². The summed E-state index contributed by atoms with van der Waals surface area (Å²) in [6, 6.07) is 108. The molecule has 10 aromatic heterocycles. The van der Waals surface area contributed by atoms with Gasteiger partial charge in [0.1, 0.15) is 34.3 Å². The molecule has 0 radical (unpaired) electrons. The van der Waals surface area contributed by atoms with Crippen LogP contribution in [0.3, 0.4) is 0 Å². The smallest absolute Gasteiger partial charge is 0.145 e. The highest BCUT2D eigenvalue weighted by molar-refractivity contribution is 6.19. The molecule has 99 heavy (non-hydrogen) atoms. The first-order chi connectivity index (χ1) is 49.2. The fourth-order valence-electron chi connectivity index (χ4n) is 17.0. The maximum atomic E-state index is 13.4. The maximum Gasteiger partial charge on any atom is 0.145 e. The number of hydrogen-bond donors (Lipinski definition) is 0. The molecule has 0 spiro atoms. The van der Waals surface area contributed by atoms with Gasteiger partial charge in [0.25, 0.3) is 0 Å². The number of aromatic nitrogens is 10. The SMILES string of the molecule is N#Cc1c(-n2c3ccccc3c3cccnc32)c(-n2c3ccccc3c3cc(-n4c5ccccc5c5ccccc54)ccc32)c(-n2c3ccccc3c3cccnc32)c(-n2c3ccccc3c3cc(-n4c5ccccc5c5ccccc54)ccc32)c1-n1c2ccccc2c2cccnc21. The topological polar surface area (TPSA) is 97.0 Å². The van der Waals surface area contributed by atoms with E-state index in [-0.39, 0.29) is 0 Å². The number of nitrogens with zero attached hydrogens (tertiary/aromatic N) is 11. The van der Waals surface area contributed by atoms with E-state index in [2.05, 4.69) is 311 Å². The van der Waals surface area contributed by atoms with Crippen molar-refractivity contribution in [3.05, 3.63) is 315 Å². The second kappa shape index (κ2) is 20.1. The Balaban J connectivity index is 1.01. The summed E-state index contributed by atoms with van der Waals surface area (Å²) in [5, 5.41) is 28.2. The van der Waals surface area contributed by atoms with Crippen molar-refractivity contribution in [2.45, 2.75) is 0 Å². The van der Waals surface area contributed by atoms with E-state index in [1.165, 1.54) is 21.5 Å². The zero-order valence-corrected chi connectivity index (χ0v) is 52.9. The first kappa shape index (κ1) is 53.5. The lowest BCUT2D eigenvalue weighted by Gasteiger charge is -2.29. The summed E-state index contributed by atoms with van der Waals surface area (Å²) in [4.78, 5) is 16.3. The van der Waals surface area contributed by atoms with Gasteiger partial charge < -0.3 is 18.3 Å². The predicted molar refractivity (Wildman–Crippen MR) is 405 cm³/mol. The van der Waals surface area contributed by atoms with Crippen LogP contribution in [-0.2, 0) is 0 Å². The molecule has 0 bridgehead atoms. The molecular formula is C88H51N11. The normalized spacial score (nSPS) is 12.2. The highest BCUT2D eigenvalue weighted by Crippen LogP contribution is 2.52. The largest absolute Gasteiger partial charge is 0.309 e. The van der Waals surface area contributed by atoms with E-state index in [0.29, 0.717) is 28.2 Å². The molecule has 11 nitrogen and oxygen atoms in total. The lowest BCUT2D eigenvalue weighted by molar-refractivity contribution is 0.979. The Morgan fingerprint density at radius 3 is 0.727 bits per heavy atom. The minimum absolute atomic E-state index is 0.403. The molecule has 0 aliphatic rings. The van der Waals surface area contributed by atoms with Crippen LogP contribution in [0.25, 0.3) is 193 Å². The Bertz CT molecular complexity index is 6700. The second-order valence-corrected chi connectivity index (χ2v) is 25.8. The van der Waals surface area contributed by atoms with Crippen LogP contribution >= 0.6 is 0 Å². The van der Waals surface area contributed by atoms with Crippen molar-refractivity contribution < 1.29 is 0 Å². The summed E-state index contributed by atoms with van der Waals surface area (Å²) in [6.07, 6.45) is 5.65.